The molecule has 0 aromatic heterocycles. The molecule has 0 radical (unpaired) electrons. The number of carbonyl (C=O) groups is 5. The molecule has 0 aliphatic heterocycles. The van der Waals surface area contributed by atoms with Crippen LogP contribution in [0.2, 0.25) is 0 Å². The highest BCUT2D eigenvalue weighted by molar-refractivity contribution is 8.00. The highest BCUT2D eigenvalue weighted by Crippen LogP contribution is 2.45. The van der Waals surface area contributed by atoms with Gasteiger partial charge in [-0.15, -0.1) is 0 Å². The number of hydrogen-bond donors (Lipinski definition) is 5. The van der Waals surface area contributed by atoms with Crippen LogP contribution in [0.5, 0.6) is 0 Å². The summed E-state index contributed by atoms with van der Waals surface area (Å²) in [5.74, 6) is 2.29. The van der Waals surface area contributed by atoms with Crippen molar-refractivity contribution in [2.24, 2.45) is 0 Å². The Hall–Kier alpha value is -1.49. The van der Waals surface area contributed by atoms with Gasteiger partial charge in [0.25, 0.3) is 0 Å². The number of nitrogens with one attached hydrogen (secondary N) is 4. The van der Waals surface area contributed by atoms with Crippen molar-refractivity contribution in [2.75, 3.05) is 89.4 Å². The smallest absolute Gasteiger partial charge is 0.359 e. The molecule has 2 atom stereocenters. The molecule has 0 rings (SSSR count). The number of phosphoric ester groups is 1. The summed E-state index contributed by atoms with van der Waals surface area (Å²) >= 11 is 3.24. The maximum absolute atomic E-state index is 12.7. The van der Waals surface area contributed by atoms with Crippen LogP contribution in [-0.2, 0) is 46.8 Å². The summed E-state index contributed by atoms with van der Waals surface area (Å²) in [6.07, 6.45) is 13.5. The average molecular weight is 876 g/mol. The molecule has 0 aromatic carbocycles. The molecule has 2 unspecified atom stereocenters. The van der Waals surface area contributed by atoms with Crippen molar-refractivity contribution in [1.82, 2.24) is 26.2 Å². The Bertz CT molecular complexity index is 1100. The van der Waals surface area contributed by atoms with E-state index in [9.17, 15) is 28.5 Å². The van der Waals surface area contributed by atoms with Crippen LogP contribution in [0, 0.1) is 0 Å². The fourth-order valence-electron chi connectivity index (χ4n) is 5.07. The van der Waals surface area contributed by atoms with E-state index in [1.54, 1.807) is 37.9 Å². The molecule has 0 saturated carbocycles. The molecule has 328 valence electrons. The molecule has 0 aromatic rings. The van der Waals surface area contributed by atoms with Gasteiger partial charge < -0.3 is 40.5 Å². The molecule has 0 saturated heterocycles. The van der Waals surface area contributed by atoms with Gasteiger partial charge in [-0.1, -0.05) is 51.9 Å². The number of phosphoric acid groups is 1. The molecule has 20 heteroatoms. The second-order valence-electron chi connectivity index (χ2n) is 13.1. The van der Waals surface area contributed by atoms with E-state index >= 15 is 0 Å². The van der Waals surface area contributed by atoms with Gasteiger partial charge >= 0.3 is 7.82 Å². The number of amides is 5. The monoisotopic (exact) mass is 875 g/mol. The first-order valence-electron chi connectivity index (χ1n) is 20.0. The van der Waals surface area contributed by atoms with E-state index in [1.807, 2.05) is 0 Å². The van der Waals surface area contributed by atoms with Crippen molar-refractivity contribution in [1.29, 1.82) is 0 Å². The van der Waals surface area contributed by atoms with Gasteiger partial charge in [0.15, 0.2) is 0 Å². The lowest BCUT2D eigenvalue weighted by atomic mass is 10.2. The van der Waals surface area contributed by atoms with Gasteiger partial charge in [-0.3, -0.25) is 32.8 Å². The van der Waals surface area contributed by atoms with E-state index in [0.717, 1.165) is 62.9 Å². The van der Waals surface area contributed by atoms with Crippen molar-refractivity contribution >= 4 is 70.3 Å². The third-order valence-corrected chi connectivity index (χ3v) is 11.8. The number of hydrogen-bond acceptors (Lipinski definition) is 12. The number of unbranched alkanes of at least 4 members (excludes halogenated alkanes) is 10. The molecule has 0 aliphatic carbocycles. The molecule has 5 amide bonds. The van der Waals surface area contributed by atoms with Crippen LogP contribution in [0.3, 0.4) is 0 Å². The van der Waals surface area contributed by atoms with Crippen LogP contribution in [0.1, 0.15) is 110 Å². The summed E-state index contributed by atoms with van der Waals surface area (Å²) in [5, 5.41) is 11.6. The van der Waals surface area contributed by atoms with Crippen LogP contribution in [0.4, 0.5) is 0 Å². The predicted octanol–water partition coefficient (Wildman–Crippen LogP) is 4.55. The Kier molecular flexibility index (Phi) is 38.0. The van der Waals surface area contributed by atoms with Crippen molar-refractivity contribution in [3.63, 3.8) is 0 Å². The van der Waals surface area contributed by atoms with E-state index < -0.39 is 7.82 Å². The third kappa shape index (κ3) is 36.8. The zero-order valence-electron chi connectivity index (χ0n) is 33.8. The Morgan fingerprint density at radius 2 is 1.14 bits per heavy atom. The number of methoxy groups -OCH3 is 1. The topological polar surface area (TPSA) is 211 Å². The zero-order chi connectivity index (χ0) is 41.5. The maximum atomic E-state index is 12.7. The first kappa shape index (κ1) is 54.5. The van der Waals surface area contributed by atoms with Gasteiger partial charge in [0.2, 0.25) is 29.5 Å². The average Bonchev–Trinajstić information content (AvgIpc) is 3.17. The molecular weight excluding hydrogens is 805 g/mol. The lowest BCUT2D eigenvalue weighted by Gasteiger charge is -2.23. The number of nitrogens with zero attached hydrogens (tertiary/aromatic N) is 1. The minimum atomic E-state index is -3.93. The van der Waals surface area contributed by atoms with E-state index in [4.69, 9.17) is 18.9 Å². The SMILES string of the molecule is CCCCCCSCC(=O)NCCCCCC(=O)NCCN(CCNC(=O)CCCCCNC(=O)CSCCCCCCOP(=O)(O)OP)C(=O)COCOC. The first-order chi connectivity index (χ1) is 27.0. The molecule has 5 N–H and O–H groups in total. The number of ether oxygens (including phenoxy) is 2. The highest BCUT2D eigenvalue weighted by Gasteiger charge is 2.18. The summed E-state index contributed by atoms with van der Waals surface area (Å²) in [6, 6.07) is 0. The molecule has 0 fully saturated rings. The fourth-order valence-corrected chi connectivity index (χ4v) is 7.35. The molecule has 0 heterocycles. The second-order valence-corrected chi connectivity index (χ2v) is 17.4. The van der Waals surface area contributed by atoms with E-state index in [2.05, 4.69) is 32.5 Å². The van der Waals surface area contributed by atoms with Crippen LogP contribution >= 0.6 is 40.8 Å². The number of carbonyl (C=O) groups excluding carboxylic acids is 5. The van der Waals surface area contributed by atoms with E-state index in [-0.39, 0.29) is 75.7 Å². The van der Waals surface area contributed by atoms with E-state index in [0.29, 0.717) is 56.7 Å². The van der Waals surface area contributed by atoms with Crippen molar-refractivity contribution in [2.45, 2.75) is 110 Å². The quantitative estimate of drug-likeness (QED) is 0.0326. The third-order valence-electron chi connectivity index (χ3n) is 8.17. The summed E-state index contributed by atoms with van der Waals surface area (Å²) in [4.78, 5) is 72.2. The predicted molar refractivity (Wildman–Crippen MR) is 227 cm³/mol. The standard InChI is InChI=1S/C36H71N5O11P2S2/c1-3-4-5-15-26-55-29-34(44)37-19-12-8-10-17-32(42)39-21-23-41(36(46)28-50-31-49-2)24-22-40-33(43)18-11-9-13-20-38-35(45)30-56-27-16-7-6-14-25-51-54(47,48)52-53/h3-31,53H2,1-2H3,(H,37,44)(H,38,45)(H,39,42)(H,40,43)(H,47,48). The lowest BCUT2D eigenvalue weighted by Crippen LogP contribution is -2.44. The Labute approximate surface area is 346 Å². The summed E-state index contributed by atoms with van der Waals surface area (Å²) in [5.41, 5.74) is 0. The fraction of sp³-hybridized carbons (Fsp3) is 0.861. The van der Waals surface area contributed by atoms with Gasteiger partial charge in [-0.25, -0.2) is 4.57 Å². The van der Waals surface area contributed by atoms with Crippen molar-refractivity contribution in [3.8, 4) is 0 Å². The van der Waals surface area contributed by atoms with Gasteiger partial charge in [-0.2, -0.15) is 23.5 Å². The first-order valence-corrected chi connectivity index (χ1v) is 24.2. The molecule has 0 aliphatic rings. The number of rotatable bonds is 40. The van der Waals surface area contributed by atoms with Gasteiger partial charge in [0.1, 0.15) is 13.4 Å². The molecule has 56 heavy (non-hydrogen) atoms. The van der Waals surface area contributed by atoms with Gasteiger partial charge in [-0.05, 0) is 56.5 Å². The second kappa shape index (κ2) is 39.0. The molecule has 16 nitrogen and oxygen atoms in total. The minimum absolute atomic E-state index is 0.0183. The molecular formula is C36H71N5O11P2S2. The van der Waals surface area contributed by atoms with Crippen LogP contribution < -0.4 is 21.3 Å². The Balaban J connectivity index is 4.04. The Morgan fingerprint density at radius 3 is 1.64 bits per heavy atom. The van der Waals surface area contributed by atoms with Crippen molar-refractivity contribution < 1.29 is 51.7 Å². The minimum Gasteiger partial charge on any atom is -0.359 e. The van der Waals surface area contributed by atoms with E-state index in [1.165, 1.54) is 26.4 Å². The molecule has 0 spiro atoms. The maximum Gasteiger partial charge on any atom is 0.474 e. The van der Waals surface area contributed by atoms with Crippen LogP contribution in [0.15, 0.2) is 0 Å². The highest BCUT2D eigenvalue weighted by atomic mass is 32.2. The summed E-state index contributed by atoms with van der Waals surface area (Å²) < 4.78 is 30.3. The summed E-state index contributed by atoms with van der Waals surface area (Å²) in [7, 11) is -0.751. The van der Waals surface area contributed by atoms with Crippen LogP contribution in [0.25, 0.3) is 0 Å². The van der Waals surface area contributed by atoms with Gasteiger partial charge in [0, 0.05) is 68.7 Å². The van der Waals surface area contributed by atoms with Gasteiger partial charge in [0.05, 0.1) is 18.1 Å². The normalized spacial score (nSPS) is 12.1. The zero-order valence-corrected chi connectivity index (χ0v) is 37.5. The largest absolute Gasteiger partial charge is 0.474 e. The van der Waals surface area contributed by atoms with Crippen molar-refractivity contribution in [3.05, 3.63) is 0 Å². The number of thioether (sulfide) groups is 2. The van der Waals surface area contributed by atoms with Crippen LogP contribution in [-0.4, -0.2) is 129 Å². The molecule has 0 bridgehead atoms. The lowest BCUT2D eigenvalue weighted by molar-refractivity contribution is -0.141. The Morgan fingerprint density at radius 1 is 0.661 bits per heavy atom. The summed E-state index contributed by atoms with van der Waals surface area (Å²) in [6.45, 7) is 4.37.